The van der Waals surface area contributed by atoms with Crippen LogP contribution in [0.25, 0.3) is 11.1 Å². The maximum atomic E-state index is 14.1. The summed E-state index contributed by atoms with van der Waals surface area (Å²) in [5, 5.41) is 19.3. The number of pyridine rings is 1. The first-order valence-electron chi connectivity index (χ1n) is 19.5. The molecule has 3 aromatic rings. The van der Waals surface area contributed by atoms with Crippen molar-refractivity contribution in [1.29, 1.82) is 0 Å². The first kappa shape index (κ1) is 39.6. The van der Waals surface area contributed by atoms with E-state index in [1.807, 2.05) is 87.5 Å². The molecule has 9 atom stereocenters. The molecule has 2 aromatic carbocycles. The largest absolute Gasteiger partial charge is 0.445 e. The van der Waals surface area contributed by atoms with Crippen molar-refractivity contribution in [3.05, 3.63) is 90.3 Å². The molecule has 3 aliphatic heterocycles. The lowest BCUT2D eigenvalue weighted by Gasteiger charge is -2.35. The van der Waals surface area contributed by atoms with E-state index >= 15 is 0 Å². The third-order valence-electron chi connectivity index (χ3n) is 11.1. The third kappa shape index (κ3) is 9.85. The predicted molar refractivity (Wildman–Crippen MR) is 204 cm³/mol. The van der Waals surface area contributed by atoms with Gasteiger partial charge in [-0.15, -0.1) is 0 Å². The highest BCUT2D eigenvalue weighted by Crippen LogP contribution is 2.49. The highest BCUT2D eigenvalue weighted by atomic mass is 16.7. The molecule has 4 heterocycles. The molecule has 3 saturated heterocycles. The van der Waals surface area contributed by atoms with Crippen LogP contribution in [0.2, 0.25) is 0 Å². The number of fused-ring (bicyclic) bond motifs is 1. The summed E-state index contributed by atoms with van der Waals surface area (Å²) >= 11 is 0. The van der Waals surface area contributed by atoms with Gasteiger partial charge < -0.3 is 39.4 Å². The number of rotatable bonds is 14. The van der Waals surface area contributed by atoms with Crippen molar-refractivity contribution in [2.75, 3.05) is 33.0 Å². The molecule has 4 fully saturated rings. The van der Waals surface area contributed by atoms with Crippen LogP contribution < -0.4 is 16.1 Å². The van der Waals surface area contributed by atoms with Crippen LogP contribution in [0.3, 0.4) is 0 Å². The number of nitrogens with one attached hydrogen (secondary N) is 3. The molecule has 6 unspecified atom stereocenters. The van der Waals surface area contributed by atoms with Crippen LogP contribution in [-0.2, 0) is 41.4 Å². The van der Waals surface area contributed by atoms with E-state index in [0.29, 0.717) is 39.3 Å². The Balaban J connectivity index is 1.09. The highest BCUT2D eigenvalue weighted by Gasteiger charge is 2.56. The van der Waals surface area contributed by atoms with E-state index in [4.69, 9.17) is 23.7 Å². The summed E-state index contributed by atoms with van der Waals surface area (Å²) in [6.45, 7) is 7.44. The van der Waals surface area contributed by atoms with E-state index in [1.54, 1.807) is 17.4 Å². The van der Waals surface area contributed by atoms with Crippen molar-refractivity contribution in [3.8, 4) is 11.1 Å². The molecule has 1 aromatic heterocycles. The van der Waals surface area contributed by atoms with Gasteiger partial charge in [0.05, 0.1) is 38.6 Å². The van der Waals surface area contributed by atoms with Crippen LogP contribution in [0.15, 0.2) is 79.1 Å². The van der Waals surface area contributed by atoms with Gasteiger partial charge in [-0.2, -0.15) is 0 Å². The minimum atomic E-state index is -1.17. The number of carbonyl (C=O) groups excluding carboxylic acids is 3. The summed E-state index contributed by atoms with van der Waals surface area (Å²) in [6, 6.07) is 19.5. The summed E-state index contributed by atoms with van der Waals surface area (Å²) in [5.41, 5.74) is 5.96. The number of nitrogens with zero attached hydrogens (tertiary/aromatic N) is 2. The topological polar surface area (TPSA) is 170 Å². The molecule has 3 amide bonds. The van der Waals surface area contributed by atoms with E-state index in [1.165, 1.54) is 0 Å². The number of ether oxygens (including phenoxy) is 5. The zero-order chi connectivity index (χ0) is 39.2. The van der Waals surface area contributed by atoms with Crippen molar-refractivity contribution < 1.29 is 43.2 Å². The molecule has 1 saturated carbocycles. The molecular weight excluding hydrogens is 718 g/mol. The maximum absolute atomic E-state index is 14.1. The average Bonchev–Trinajstić information content (AvgIpc) is 3.91. The molecule has 0 spiro atoms. The van der Waals surface area contributed by atoms with Crippen LogP contribution >= 0.6 is 0 Å². The molecule has 300 valence electrons. The fourth-order valence-corrected chi connectivity index (χ4v) is 8.17. The van der Waals surface area contributed by atoms with Gasteiger partial charge in [-0.25, -0.2) is 14.6 Å². The quantitative estimate of drug-likeness (QED) is 0.173. The van der Waals surface area contributed by atoms with Gasteiger partial charge >= 0.3 is 12.2 Å². The van der Waals surface area contributed by atoms with Crippen molar-refractivity contribution in [2.45, 2.75) is 83.3 Å². The maximum Gasteiger partial charge on any atom is 0.408 e. The smallest absolute Gasteiger partial charge is 0.408 e. The molecule has 2 bridgehead atoms. The number of aliphatic hydroxyl groups is 1. The van der Waals surface area contributed by atoms with Gasteiger partial charge in [-0.05, 0) is 46.6 Å². The molecule has 7 rings (SSSR count). The Hall–Kier alpha value is -4.60. The minimum absolute atomic E-state index is 0.0687. The van der Waals surface area contributed by atoms with Crippen LogP contribution in [0.4, 0.5) is 9.59 Å². The van der Waals surface area contributed by atoms with Gasteiger partial charge in [0, 0.05) is 49.7 Å². The summed E-state index contributed by atoms with van der Waals surface area (Å²) in [7, 11) is 0. The van der Waals surface area contributed by atoms with Crippen LogP contribution in [0.1, 0.15) is 44.7 Å². The van der Waals surface area contributed by atoms with Gasteiger partial charge in [-0.3, -0.25) is 15.2 Å². The Bertz CT molecular complexity index is 1770. The lowest BCUT2D eigenvalue weighted by Crippen LogP contribution is -2.59. The number of hydrazine groups is 1. The second-order valence-electron chi connectivity index (χ2n) is 16.4. The molecule has 0 radical (unpaired) electrons. The number of alkyl carbamates (subject to hydrolysis) is 2. The van der Waals surface area contributed by atoms with E-state index in [-0.39, 0.29) is 49.3 Å². The molecular formula is C42H53N5O9. The number of carbonyl (C=O) groups is 3. The molecule has 1 aliphatic carbocycles. The van der Waals surface area contributed by atoms with Gasteiger partial charge in [0.25, 0.3) is 5.91 Å². The molecule has 4 aliphatic rings. The van der Waals surface area contributed by atoms with Crippen LogP contribution in [0, 0.1) is 23.2 Å². The summed E-state index contributed by atoms with van der Waals surface area (Å²) in [5.74, 6) is -0.122. The van der Waals surface area contributed by atoms with E-state index in [9.17, 15) is 19.5 Å². The fourth-order valence-electron chi connectivity index (χ4n) is 8.17. The van der Waals surface area contributed by atoms with Crippen LogP contribution in [-0.4, -0.2) is 103 Å². The highest BCUT2D eigenvalue weighted by molar-refractivity contribution is 5.86. The Morgan fingerprint density at radius 3 is 2.38 bits per heavy atom. The Kier molecular flexibility index (Phi) is 12.5. The van der Waals surface area contributed by atoms with Gasteiger partial charge in [0.2, 0.25) is 0 Å². The zero-order valence-electron chi connectivity index (χ0n) is 32.2. The lowest BCUT2D eigenvalue weighted by atomic mass is 9.86. The minimum Gasteiger partial charge on any atom is -0.445 e. The third-order valence-corrected chi connectivity index (χ3v) is 11.1. The van der Waals surface area contributed by atoms with Crippen molar-refractivity contribution in [3.63, 3.8) is 0 Å². The number of hydrogen-bond acceptors (Lipinski definition) is 11. The molecule has 56 heavy (non-hydrogen) atoms. The molecule has 14 heteroatoms. The number of aromatic nitrogens is 1. The fraction of sp³-hybridized carbons (Fsp3) is 0.524. The van der Waals surface area contributed by atoms with E-state index < -0.39 is 41.7 Å². The van der Waals surface area contributed by atoms with Gasteiger partial charge in [-0.1, -0.05) is 81.4 Å². The summed E-state index contributed by atoms with van der Waals surface area (Å²) in [6.07, 6.45) is 1.80. The normalized spacial score (nSPS) is 25.6. The standard InChI is InChI=1S/C42H53N5O9/c1-42(2,3)37(45-41(51)55-31-15-17-52-24-31)38(49)46-47(21-27-11-13-28(14-12-27)29-10-7-16-43-20-29)22-35(48)34(18-26-8-5-4-6-9-26)44-40(50)56-36-30-19-32-33(36)25-54-39(32)53-23-30/h4-14,16,20,30-37,39,48H,15,17-19,21-25H2,1-3H3,(H,44,50)(H,45,51)(H,46,49)/t30?,31?,32?,33?,34-,35-,36?,37+,39?/m0/s1. The predicted octanol–water partition coefficient (Wildman–Crippen LogP) is 4.22. The zero-order valence-corrected chi connectivity index (χ0v) is 32.2. The first-order chi connectivity index (χ1) is 27.0. The Labute approximate surface area is 327 Å². The monoisotopic (exact) mass is 771 g/mol. The van der Waals surface area contributed by atoms with Gasteiger partial charge in [0.15, 0.2) is 6.29 Å². The lowest BCUT2D eigenvalue weighted by molar-refractivity contribution is -0.169. The summed E-state index contributed by atoms with van der Waals surface area (Å²) in [4.78, 5) is 44.9. The summed E-state index contributed by atoms with van der Waals surface area (Å²) < 4.78 is 28.6. The Morgan fingerprint density at radius 2 is 1.66 bits per heavy atom. The van der Waals surface area contributed by atoms with Crippen molar-refractivity contribution in [2.24, 2.45) is 23.2 Å². The number of hydrogen-bond donors (Lipinski definition) is 4. The molecule has 14 nitrogen and oxygen atoms in total. The second-order valence-corrected chi connectivity index (χ2v) is 16.4. The number of amides is 3. The van der Waals surface area contributed by atoms with E-state index in [2.05, 4.69) is 21.0 Å². The van der Waals surface area contributed by atoms with Crippen molar-refractivity contribution >= 4 is 18.1 Å². The van der Waals surface area contributed by atoms with Crippen molar-refractivity contribution in [1.82, 2.24) is 26.1 Å². The number of benzene rings is 2. The first-order valence-corrected chi connectivity index (χ1v) is 19.5. The SMILES string of the molecule is CC(C)(C)[C@H](NC(=O)OC1CCOC1)C(=O)NN(Cc1ccc(-c2cccnc2)cc1)C[C@H](O)[C@H](Cc1ccccc1)NC(=O)OC1C2COC3OCC1C3C2. The van der Waals surface area contributed by atoms with E-state index in [0.717, 1.165) is 28.7 Å². The average molecular weight is 772 g/mol. The van der Waals surface area contributed by atoms with Gasteiger partial charge in [0.1, 0.15) is 18.2 Å². The second kappa shape index (κ2) is 17.7. The van der Waals surface area contributed by atoms with Crippen LogP contribution in [0.5, 0.6) is 0 Å². The number of aliphatic hydroxyl groups excluding tert-OH is 1. The molecule has 4 N–H and O–H groups in total. The Morgan fingerprint density at radius 1 is 0.893 bits per heavy atom.